The molecule has 0 spiro atoms. The van der Waals surface area contributed by atoms with Gasteiger partial charge in [0.05, 0.1) is 12.2 Å². The monoisotopic (exact) mass is 414 g/mol. The molecule has 0 aliphatic rings. The van der Waals surface area contributed by atoms with E-state index in [-0.39, 0.29) is 11.9 Å². The molecular weight excluding hydrogens is 392 g/mol. The minimum atomic E-state index is 0.0296. The van der Waals surface area contributed by atoms with Crippen molar-refractivity contribution < 1.29 is 9.53 Å². The molecule has 0 N–H and O–H groups in total. The molecule has 0 aliphatic heterocycles. The summed E-state index contributed by atoms with van der Waals surface area (Å²) in [6.45, 7) is 5.03. The summed E-state index contributed by atoms with van der Waals surface area (Å²) in [4.78, 5) is 19.5. The quantitative estimate of drug-likeness (QED) is 0.466. The van der Waals surface area contributed by atoms with E-state index in [2.05, 4.69) is 18.8 Å². The van der Waals surface area contributed by atoms with Crippen LogP contribution in [0, 0.1) is 0 Å². The van der Waals surface area contributed by atoms with Crippen molar-refractivity contribution in [2.24, 2.45) is 0 Å². The molecule has 2 aromatic carbocycles. The second-order valence-corrected chi connectivity index (χ2v) is 7.91. The van der Waals surface area contributed by atoms with Gasteiger partial charge in [-0.3, -0.25) is 4.79 Å². The van der Waals surface area contributed by atoms with E-state index >= 15 is 0 Å². The van der Waals surface area contributed by atoms with Gasteiger partial charge in [-0.25, -0.2) is 4.98 Å². The van der Waals surface area contributed by atoms with Crippen LogP contribution in [0.1, 0.15) is 41.3 Å². The van der Waals surface area contributed by atoms with Crippen molar-refractivity contribution >= 4 is 28.8 Å². The number of rotatable bonds is 8. The van der Waals surface area contributed by atoms with Crippen molar-refractivity contribution in [3.63, 3.8) is 0 Å². The molecule has 6 heteroatoms. The number of benzene rings is 2. The van der Waals surface area contributed by atoms with Gasteiger partial charge in [0, 0.05) is 22.0 Å². The molecule has 146 valence electrons. The van der Waals surface area contributed by atoms with E-state index in [1.54, 1.807) is 23.5 Å². The number of nitrogens with zero attached hydrogens (tertiary/aromatic N) is 2. The van der Waals surface area contributed by atoms with Crippen molar-refractivity contribution in [1.29, 1.82) is 0 Å². The molecule has 0 bridgehead atoms. The molecule has 1 heterocycles. The fourth-order valence-electron chi connectivity index (χ4n) is 2.73. The van der Waals surface area contributed by atoms with E-state index in [0.29, 0.717) is 23.7 Å². The SMILES string of the molecule is CCC(C)N(Cc1csc(COc2ccc(Cl)cc2)n1)C(=O)c1ccccc1. The number of thiazole rings is 1. The summed E-state index contributed by atoms with van der Waals surface area (Å²) in [6, 6.07) is 16.8. The highest BCUT2D eigenvalue weighted by molar-refractivity contribution is 7.09. The molecule has 4 nitrogen and oxygen atoms in total. The van der Waals surface area contributed by atoms with Crippen LogP contribution in [-0.4, -0.2) is 21.8 Å². The Kier molecular flexibility index (Phi) is 7.06. The van der Waals surface area contributed by atoms with Crippen LogP contribution >= 0.6 is 22.9 Å². The average Bonchev–Trinajstić information content (AvgIpc) is 3.19. The van der Waals surface area contributed by atoms with E-state index in [1.807, 2.05) is 52.7 Å². The molecule has 0 aliphatic carbocycles. The zero-order valence-corrected chi connectivity index (χ0v) is 17.5. The van der Waals surface area contributed by atoms with Gasteiger partial charge in [0.15, 0.2) is 0 Å². The first-order valence-corrected chi connectivity index (χ1v) is 10.5. The zero-order chi connectivity index (χ0) is 19.9. The van der Waals surface area contributed by atoms with E-state index in [4.69, 9.17) is 16.3 Å². The Hall–Kier alpha value is -2.37. The summed E-state index contributed by atoms with van der Waals surface area (Å²) < 4.78 is 5.76. The van der Waals surface area contributed by atoms with E-state index in [0.717, 1.165) is 22.9 Å². The van der Waals surface area contributed by atoms with Crippen LogP contribution in [0.3, 0.4) is 0 Å². The molecular formula is C22H23ClN2O2S. The van der Waals surface area contributed by atoms with Crippen LogP contribution < -0.4 is 4.74 Å². The minimum absolute atomic E-state index is 0.0296. The minimum Gasteiger partial charge on any atom is -0.486 e. The third kappa shape index (κ3) is 5.33. The van der Waals surface area contributed by atoms with Crippen molar-refractivity contribution in [2.45, 2.75) is 39.5 Å². The lowest BCUT2D eigenvalue weighted by atomic mass is 10.1. The molecule has 0 radical (unpaired) electrons. The second-order valence-electron chi connectivity index (χ2n) is 6.53. The maximum absolute atomic E-state index is 13.0. The molecule has 1 unspecified atom stereocenters. The molecule has 3 aromatic rings. The van der Waals surface area contributed by atoms with Crippen LogP contribution in [0.25, 0.3) is 0 Å². The molecule has 1 atom stereocenters. The highest BCUT2D eigenvalue weighted by atomic mass is 35.5. The summed E-state index contributed by atoms with van der Waals surface area (Å²) in [6.07, 6.45) is 0.884. The molecule has 1 aromatic heterocycles. The number of carbonyl (C=O) groups excluding carboxylic acids is 1. The van der Waals surface area contributed by atoms with Gasteiger partial charge in [-0.05, 0) is 49.7 Å². The summed E-state index contributed by atoms with van der Waals surface area (Å²) >= 11 is 7.43. The largest absolute Gasteiger partial charge is 0.486 e. The summed E-state index contributed by atoms with van der Waals surface area (Å²) in [5.74, 6) is 0.781. The van der Waals surface area contributed by atoms with Gasteiger partial charge in [0.25, 0.3) is 5.91 Å². The van der Waals surface area contributed by atoms with E-state index in [1.165, 1.54) is 0 Å². The Bertz CT molecular complexity index is 896. The number of aromatic nitrogens is 1. The Labute approximate surface area is 174 Å². The van der Waals surface area contributed by atoms with Gasteiger partial charge in [0.2, 0.25) is 0 Å². The first-order chi connectivity index (χ1) is 13.6. The standard InChI is InChI=1S/C22H23ClN2O2S/c1-3-16(2)25(22(26)17-7-5-4-6-8-17)13-19-15-28-21(24-19)14-27-20-11-9-18(23)10-12-20/h4-12,15-16H,3,13-14H2,1-2H3. The van der Waals surface area contributed by atoms with Crippen molar-refractivity contribution in [1.82, 2.24) is 9.88 Å². The van der Waals surface area contributed by atoms with Crippen molar-refractivity contribution in [3.8, 4) is 5.75 Å². The topological polar surface area (TPSA) is 42.4 Å². The third-order valence-electron chi connectivity index (χ3n) is 4.51. The predicted octanol–water partition coefficient (Wildman–Crippen LogP) is 5.82. The maximum Gasteiger partial charge on any atom is 0.254 e. The van der Waals surface area contributed by atoms with Gasteiger partial charge in [-0.15, -0.1) is 11.3 Å². The Morgan fingerprint density at radius 1 is 1.18 bits per heavy atom. The van der Waals surface area contributed by atoms with E-state index in [9.17, 15) is 4.79 Å². The Balaban J connectivity index is 1.66. The van der Waals surface area contributed by atoms with Gasteiger partial charge < -0.3 is 9.64 Å². The zero-order valence-electron chi connectivity index (χ0n) is 16.0. The Morgan fingerprint density at radius 2 is 1.89 bits per heavy atom. The van der Waals surface area contributed by atoms with Crippen LogP contribution in [0.2, 0.25) is 5.02 Å². The summed E-state index contributed by atoms with van der Waals surface area (Å²) in [7, 11) is 0. The molecule has 0 saturated heterocycles. The molecule has 0 fully saturated rings. The first kappa shape index (κ1) is 20.4. The van der Waals surface area contributed by atoms with Gasteiger partial charge in [0.1, 0.15) is 17.4 Å². The molecule has 0 saturated carbocycles. The fraction of sp³-hybridized carbons (Fsp3) is 0.273. The molecule has 28 heavy (non-hydrogen) atoms. The van der Waals surface area contributed by atoms with Crippen LogP contribution in [-0.2, 0) is 13.2 Å². The highest BCUT2D eigenvalue weighted by Crippen LogP contribution is 2.20. The fourth-order valence-corrected chi connectivity index (χ4v) is 3.56. The number of halogens is 1. The van der Waals surface area contributed by atoms with Crippen molar-refractivity contribution in [3.05, 3.63) is 81.3 Å². The van der Waals surface area contributed by atoms with Crippen LogP contribution in [0.4, 0.5) is 0 Å². The smallest absolute Gasteiger partial charge is 0.254 e. The Morgan fingerprint density at radius 3 is 2.57 bits per heavy atom. The van der Waals surface area contributed by atoms with Crippen LogP contribution in [0.5, 0.6) is 5.75 Å². The molecule has 1 amide bonds. The van der Waals surface area contributed by atoms with Crippen molar-refractivity contribution in [2.75, 3.05) is 0 Å². The van der Waals surface area contributed by atoms with Gasteiger partial charge in [-0.2, -0.15) is 0 Å². The summed E-state index contributed by atoms with van der Waals surface area (Å²) in [5.41, 5.74) is 1.58. The second kappa shape index (κ2) is 9.71. The number of hydrogen-bond donors (Lipinski definition) is 0. The van der Waals surface area contributed by atoms with Crippen LogP contribution in [0.15, 0.2) is 60.0 Å². The lowest BCUT2D eigenvalue weighted by molar-refractivity contribution is 0.0669. The van der Waals surface area contributed by atoms with Gasteiger partial charge >= 0.3 is 0 Å². The number of carbonyl (C=O) groups is 1. The lowest BCUT2D eigenvalue weighted by Gasteiger charge is -2.28. The number of hydrogen-bond acceptors (Lipinski definition) is 4. The molecule has 3 rings (SSSR count). The summed E-state index contributed by atoms with van der Waals surface area (Å²) in [5, 5.41) is 3.55. The predicted molar refractivity (Wildman–Crippen MR) is 114 cm³/mol. The van der Waals surface area contributed by atoms with E-state index < -0.39 is 0 Å². The highest BCUT2D eigenvalue weighted by Gasteiger charge is 2.21. The third-order valence-corrected chi connectivity index (χ3v) is 5.64. The average molecular weight is 415 g/mol. The number of amides is 1. The number of ether oxygens (including phenoxy) is 1. The van der Waals surface area contributed by atoms with Gasteiger partial charge in [-0.1, -0.05) is 36.7 Å². The lowest BCUT2D eigenvalue weighted by Crippen LogP contribution is -2.37. The maximum atomic E-state index is 13.0. The first-order valence-electron chi connectivity index (χ1n) is 9.24. The normalized spacial score (nSPS) is 11.8.